The minimum absolute atomic E-state index is 0.0588. The van der Waals surface area contributed by atoms with Crippen molar-refractivity contribution in [3.05, 3.63) is 29.8 Å². The molecule has 1 aromatic carbocycles. The Hall–Kier alpha value is -1.97. The topological polar surface area (TPSA) is 114 Å². The smallest absolute Gasteiger partial charge is 0.269 e. The van der Waals surface area contributed by atoms with E-state index in [2.05, 4.69) is 15.6 Å². The summed E-state index contributed by atoms with van der Waals surface area (Å²) in [6.07, 6.45) is 6.58. The van der Waals surface area contributed by atoms with Crippen LogP contribution in [0.15, 0.2) is 29.2 Å². The van der Waals surface area contributed by atoms with Gasteiger partial charge in [0.05, 0.1) is 11.0 Å². The van der Waals surface area contributed by atoms with Crippen molar-refractivity contribution in [3.63, 3.8) is 0 Å². The van der Waals surface area contributed by atoms with Crippen LogP contribution in [0.3, 0.4) is 0 Å². The van der Waals surface area contributed by atoms with Gasteiger partial charge in [-0.2, -0.15) is 0 Å². The van der Waals surface area contributed by atoms with Crippen molar-refractivity contribution in [2.45, 2.75) is 55.9 Å². The van der Waals surface area contributed by atoms with Crippen molar-refractivity contribution < 1.29 is 22.7 Å². The van der Waals surface area contributed by atoms with E-state index in [9.17, 15) is 18.0 Å². The Labute approximate surface area is 165 Å². The Morgan fingerprint density at radius 3 is 2.32 bits per heavy atom. The summed E-state index contributed by atoms with van der Waals surface area (Å²) < 4.78 is 32.6. The summed E-state index contributed by atoms with van der Waals surface area (Å²) in [4.78, 5) is 24.3. The van der Waals surface area contributed by atoms with Crippen LogP contribution < -0.4 is 15.6 Å². The molecule has 0 spiro atoms. The first-order valence-electron chi connectivity index (χ1n) is 9.77. The van der Waals surface area contributed by atoms with Crippen LogP contribution in [0.25, 0.3) is 0 Å². The van der Waals surface area contributed by atoms with Gasteiger partial charge in [-0.1, -0.05) is 19.3 Å². The van der Waals surface area contributed by atoms with Crippen LogP contribution in [-0.2, 0) is 19.6 Å². The zero-order valence-corrected chi connectivity index (χ0v) is 16.6. The molecule has 3 N–H and O–H groups in total. The maximum Gasteiger partial charge on any atom is 0.269 e. The van der Waals surface area contributed by atoms with Crippen LogP contribution in [0.2, 0.25) is 0 Å². The minimum Gasteiger partial charge on any atom is -0.377 e. The molecule has 8 nitrogen and oxygen atoms in total. The van der Waals surface area contributed by atoms with Gasteiger partial charge in [0.25, 0.3) is 5.91 Å². The highest BCUT2D eigenvalue weighted by molar-refractivity contribution is 7.89. The summed E-state index contributed by atoms with van der Waals surface area (Å²) in [6, 6.07) is 5.58. The molecule has 1 heterocycles. The number of ether oxygens (including phenoxy) is 1. The SMILES string of the molecule is O=C(NNC(=O)C1CCCCC1)c1ccc(S(=O)(=O)NC[C@H]2CCCO2)cc1. The zero-order valence-electron chi connectivity index (χ0n) is 15.8. The molecule has 2 amide bonds. The fourth-order valence-corrected chi connectivity index (χ4v) is 4.60. The molecule has 0 unspecified atom stereocenters. The van der Waals surface area contributed by atoms with E-state index < -0.39 is 15.9 Å². The van der Waals surface area contributed by atoms with Crippen molar-refractivity contribution in [3.8, 4) is 0 Å². The first-order valence-corrected chi connectivity index (χ1v) is 11.3. The second-order valence-corrected chi connectivity index (χ2v) is 9.06. The van der Waals surface area contributed by atoms with Gasteiger partial charge in [0.2, 0.25) is 15.9 Å². The Balaban J connectivity index is 1.51. The molecule has 1 aliphatic carbocycles. The number of amides is 2. The van der Waals surface area contributed by atoms with Crippen molar-refractivity contribution in [2.24, 2.45) is 5.92 Å². The molecule has 9 heteroatoms. The van der Waals surface area contributed by atoms with Gasteiger partial charge < -0.3 is 4.74 Å². The van der Waals surface area contributed by atoms with E-state index in [1.165, 1.54) is 24.3 Å². The van der Waals surface area contributed by atoms with E-state index in [0.717, 1.165) is 44.9 Å². The number of carbonyl (C=O) groups is 2. The lowest BCUT2D eigenvalue weighted by molar-refractivity contribution is -0.126. The molecule has 2 aliphatic rings. The lowest BCUT2D eigenvalue weighted by Crippen LogP contribution is -2.44. The molecule has 1 saturated carbocycles. The van der Waals surface area contributed by atoms with Crippen LogP contribution in [0.1, 0.15) is 55.3 Å². The first-order chi connectivity index (χ1) is 13.5. The van der Waals surface area contributed by atoms with Crippen LogP contribution in [0.4, 0.5) is 0 Å². The summed E-state index contributed by atoms with van der Waals surface area (Å²) in [5.41, 5.74) is 5.13. The van der Waals surface area contributed by atoms with E-state index in [1.54, 1.807) is 0 Å². The zero-order chi connectivity index (χ0) is 20.0. The van der Waals surface area contributed by atoms with Crippen LogP contribution in [0, 0.1) is 5.92 Å². The number of sulfonamides is 1. The van der Waals surface area contributed by atoms with E-state index in [1.807, 2.05) is 0 Å². The molecule has 0 aromatic heterocycles. The molecule has 1 aromatic rings. The lowest BCUT2D eigenvalue weighted by Gasteiger charge is -2.20. The molecule has 28 heavy (non-hydrogen) atoms. The van der Waals surface area contributed by atoms with Gasteiger partial charge in [-0.25, -0.2) is 13.1 Å². The average Bonchev–Trinajstić information content (AvgIpc) is 3.25. The minimum atomic E-state index is -3.66. The van der Waals surface area contributed by atoms with Gasteiger partial charge >= 0.3 is 0 Å². The van der Waals surface area contributed by atoms with Gasteiger partial charge in [-0.15, -0.1) is 0 Å². The first kappa shape index (κ1) is 20.8. The Morgan fingerprint density at radius 2 is 1.68 bits per heavy atom. The largest absolute Gasteiger partial charge is 0.377 e. The van der Waals surface area contributed by atoms with Gasteiger partial charge in [-0.05, 0) is 49.9 Å². The number of hydrogen-bond donors (Lipinski definition) is 3. The van der Waals surface area contributed by atoms with Gasteiger partial charge in [-0.3, -0.25) is 20.4 Å². The number of nitrogens with one attached hydrogen (secondary N) is 3. The highest BCUT2D eigenvalue weighted by Crippen LogP contribution is 2.23. The molecule has 3 rings (SSSR count). The van der Waals surface area contributed by atoms with Gasteiger partial charge in [0.1, 0.15) is 0 Å². The predicted molar refractivity (Wildman–Crippen MR) is 103 cm³/mol. The summed E-state index contributed by atoms with van der Waals surface area (Å²) in [5.74, 6) is -0.720. The Kier molecular flexibility index (Phi) is 7.03. The molecule has 1 atom stereocenters. The molecule has 154 valence electrons. The normalized spacial score (nSPS) is 20.6. The third-order valence-corrected chi connectivity index (χ3v) is 6.67. The van der Waals surface area contributed by atoms with E-state index in [4.69, 9.17) is 4.74 Å². The average molecular weight is 410 g/mol. The number of hydrogen-bond acceptors (Lipinski definition) is 5. The number of benzene rings is 1. The van der Waals surface area contributed by atoms with Crippen LogP contribution >= 0.6 is 0 Å². The van der Waals surface area contributed by atoms with Gasteiger partial charge in [0.15, 0.2) is 0 Å². The van der Waals surface area contributed by atoms with Crippen molar-refractivity contribution in [1.29, 1.82) is 0 Å². The molecule has 1 aliphatic heterocycles. The summed E-state index contributed by atoms with van der Waals surface area (Å²) in [6.45, 7) is 0.894. The second-order valence-electron chi connectivity index (χ2n) is 7.29. The molecule has 0 bridgehead atoms. The van der Waals surface area contributed by atoms with Crippen LogP contribution in [-0.4, -0.2) is 39.5 Å². The summed E-state index contributed by atoms with van der Waals surface area (Å²) in [7, 11) is -3.66. The number of rotatable bonds is 6. The third kappa shape index (κ3) is 5.52. The maximum absolute atomic E-state index is 12.3. The van der Waals surface area contributed by atoms with Gasteiger partial charge in [0, 0.05) is 24.6 Å². The fourth-order valence-electron chi connectivity index (χ4n) is 3.53. The lowest BCUT2D eigenvalue weighted by atomic mass is 9.89. The fraction of sp³-hybridized carbons (Fsp3) is 0.579. The van der Waals surface area contributed by atoms with Crippen molar-refractivity contribution in [1.82, 2.24) is 15.6 Å². The van der Waals surface area contributed by atoms with Crippen LogP contribution in [0.5, 0.6) is 0 Å². The monoisotopic (exact) mass is 409 g/mol. The summed E-state index contributed by atoms with van der Waals surface area (Å²) >= 11 is 0. The van der Waals surface area contributed by atoms with E-state index >= 15 is 0 Å². The van der Waals surface area contributed by atoms with Crippen molar-refractivity contribution >= 4 is 21.8 Å². The molecular formula is C19H27N3O5S. The second kappa shape index (κ2) is 9.49. The predicted octanol–water partition coefficient (Wildman–Crippen LogP) is 1.49. The van der Waals surface area contributed by atoms with Crippen molar-refractivity contribution in [2.75, 3.05) is 13.2 Å². The molecule has 1 saturated heterocycles. The number of carbonyl (C=O) groups excluding carboxylic acids is 2. The van der Waals surface area contributed by atoms with E-state index in [-0.39, 0.29) is 34.9 Å². The molecule has 2 fully saturated rings. The van der Waals surface area contributed by atoms with E-state index in [0.29, 0.717) is 6.61 Å². The molecular weight excluding hydrogens is 382 g/mol. The maximum atomic E-state index is 12.3. The highest BCUT2D eigenvalue weighted by atomic mass is 32.2. The Morgan fingerprint density at radius 1 is 0.964 bits per heavy atom. The number of hydrazine groups is 1. The Bertz CT molecular complexity index is 782. The standard InChI is InChI=1S/C19H27N3O5S/c23-18(14-5-2-1-3-6-14)21-22-19(24)15-8-10-17(11-9-15)28(25,26)20-13-16-7-4-12-27-16/h8-11,14,16,20H,1-7,12-13H2,(H,21,23)(H,22,24)/t16-/m1/s1. The summed E-state index contributed by atoms with van der Waals surface area (Å²) in [5, 5.41) is 0. The molecule has 0 radical (unpaired) electrons. The quantitative estimate of drug-likeness (QED) is 0.616. The third-order valence-electron chi connectivity index (χ3n) is 5.23. The highest BCUT2D eigenvalue weighted by Gasteiger charge is 2.22.